The van der Waals surface area contributed by atoms with E-state index < -0.39 is 0 Å². The number of anilines is 1. The second-order valence-corrected chi connectivity index (χ2v) is 7.19. The molecule has 0 atom stereocenters. The van der Waals surface area contributed by atoms with Gasteiger partial charge in [0, 0.05) is 5.69 Å². The Morgan fingerprint density at radius 2 is 1.93 bits per heavy atom. The molecular formula is C23H19ClN2O3. The number of hydrogen-bond donors (Lipinski definition) is 1. The number of rotatable bonds is 5. The largest absolute Gasteiger partial charge is 0.483 e. The maximum Gasteiger partial charge on any atom is 0.262 e. The Kier molecular flexibility index (Phi) is 5.23. The van der Waals surface area contributed by atoms with Gasteiger partial charge in [0.25, 0.3) is 5.91 Å². The SMILES string of the molecule is Cc1ccc2oc(-c3cc(NC(=O)COc4ccccc4C)ccc3Cl)nc2c1. The van der Waals surface area contributed by atoms with E-state index in [4.69, 9.17) is 20.8 Å². The van der Waals surface area contributed by atoms with Gasteiger partial charge in [0.05, 0.1) is 10.6 Å². The third kappa shape index (κ3) is 4.25. The third-order valence-corrected chi connectivity index (χ3v) is 4.81. The van der Waals surface area contributed by atoms with Crippen molar-refractivity contribution in [3.63, 3.8) is 0 Å². The second kappa shape index (κ2) is 7.97. The molecule has 5 nitrogen and oxygen atoms in total. The van der Waals surface area contributed by atoms with E-state index in [-0.39, 0.29) is 12.5 Å². The molecule has 6 heteroatoms. The molecule has 0 saturated heterocycles. The summed E-state index contributed by atoms with van der Waals surface area (Å²) >= 11 is 6.35. The van der Waals surface area contributed by atoms with Gasteiger partial charge in [0.15, 0.2) is 12.2 Å². The second-order valence-electron chi connectivity index (χ2n) is 6.79. The molecule has 0 aliphatic rings. The Morgan fingerprint density at radius 1 is 1.10 bits per heavy atom. The van der Waals surface area contributed by atoms with Crippen molar-refractivity contribution in [3.05, 3.63) is 76.8 Å². The predicted molar refractivity (Wildman–Crippen MR) is 114 cm³/mol. The van der Waals surface area contributed by atoms with Gasteiger partial charge in [-0.25, -0.2) is 4.98 Å². The van der Waals surface area contributed by atoms with E-state index in [9.17, 15) is 4.79 Å². The van der Waals surface area contributed by atoms with Crippen LogP contribution in [0, 0.1) is 13.8 Å². The van der Waals surface area contributed by atoms with Crippen LogP contribution >= 0.6 is 11.6 Å². The maximum atomic E-state index is 12.3. The van der Waals surface area contributed by atoms with E-state index in [1.54, 1.807) is 18.2 Å². The molecule has 4 rings (SSSR count). The van der Waals surface area contributed by atoms with Gasteiger partial charge in [-0.15, -0.1) is 0 Å². The molecule has 0 spiro atoms. The van der Waals surface area contributed by atoms with Crippen LogP contribution < -0.4 is 10.1 Å². The number of fused-ring (bicyclic) bond motifs is 1. The first-order valence-electron chi connectivity index (χ1n) is 9.15. The van der Waals surface area contributed by atoms with Crippen LogP contribution in [0.25, 0.3) is 22.6 Å². The van der Waals surface area contributed by atoms with Crippen molar-refractivity contribution >= 4 is 34.3 Å². The molecule has 0 radical (unpaired) electrons. The number of aromatic nitrogens is 1. The van der Waals surface area contributed by atoms with Gasteiger partial charge in [0.2, 0.25) is 5.89 Å². The summed E-state index contributed by atoms with van der Waals surface area (Å²) in [5, 5.41) is 3.31. The number of carbonyl (C=O) groups is 1. The number of nitrogens with zero attached hydrogens (tertiary/aromatic N) is 1. The lowest BCUT2D eigenvalue weighted by atomic mass is 10.2. The van der Waals surface area contributed by atoms with Gasteiger partial charge >= 0.3 is 0 Å². The van der Waals surface area contributed by atoms with E-state index in [1.165, 1.54) is 0 Å². The van der Waals surface area contributed by atoms with Crippen LogP contribution in [-0.2, 0) is 4.79 Å². The van der Waals surface area contributed by atoms with Gasteiger partial charge in [-0.1, -0.05) is 35.9 Å². The number of benzene rings is 3. The van der Waals surface area contributed by atoms with Gasteiger partial charge in [0.1, 0.15) is 11.3 Å². The van der Waals surface area contributed by atoms with Crippen LogP contribution in [0.1, 0.15) is 11.1 Å². The normalized spacial score (nSPS) is 10.9. The standard InChI is InChI=1S/C23H19ClN2O3/c1-14-7-10-21-19(11-14)26-23(29-21)17-12-16(8-9-18(17)24)25-22(27)13-28-20-6-4-3-5-15(20)2/h3-12H,13H2,1-2H3,(H,25,27). The fourth-order valence-electron chi connectivity index (χ4n) is 2.98. The van der Waals surface area contributed by atoms with E-state index >= 15 is 0 Å². The number of nitrogens with one attached hydrogen (secondary N) is 1. The first-order chi connectivity index (χ1) is 14.0. The lowest BCUT2D eigenvalue weighted by Crippen LogP contribution is -2.20. The van der Waals surface area contributed by atoms with Crippen molar-refractivity contribution in [2.75, 3.05) is 11.9 Å². The Morgan fingerprint density at radius 3 is 2.76 bits per heavy atom. The summed E-state index contributed by atoms with van der Waals surface area (Å²) in [5.41, 5.74) is 4.71. The number of ether oxygens (including phenoxy) is 1. The first-order valence-corrected chi connectivity index (χ1v) is 9.53. The molecule has 0 saturated carbocycles. The predicted octanol–water partition coefficient (Wildman–Crippen LogP) is 5.78. The third-order valence-electron chi connectivity index (χ3n) is 4.48. The van der Waals surface area contributed by atoms with Crippen molar-refractivity contribution in [1.82, 2.24) is 4.98 Å². The molecule has 0 aliphatic carbocycles. The van der Waals surface area contributed by atoms with Crippen molar-refractivity contribution < 1.29 is 13.9 Å². The summed E-state index contributed by atoms with van der Waals surface area (Å²) in [4.78, 5) is 16.8. The fraction of sp³-hybridized carbons (Fsp3) is 0.130. The van der Waals surface area contributed by atoms with Crippen LogP contribution in [0.4, 0.5) is 5.69 Å². The van der Waals surface area contributed by atoms with Crippen molar-refractivity contribution in [2.45, 2.75) is 13.8 Å². The number of aryl methyl sites for hydroxylation is 2. The Labute approximate surface area is 173 Å². The zero-order valence-electron chi connectivity index (χ0n) is 16.0. The highest BCUT2D eigenvalue weighted by Crippen LogP contribution is 2.32. The lowest BCUT2D eigenvalue weighted by molar-refractivity contribution is -0.118. The summed E-state index contributed by atoms with van der Waals surface area (Å²) in [6, 6.07) is 18.5. The molecule has 0 bridgehead atoms. The topological polar surface area (TPSA) is 64.4 Å². The van der Waals surface area contributed by atoms with Crippen molar-refractivity contribution in [3.8, 4) is 17.2 Å². The maximum absolute atomic E-state index is 12.3. The van der Waals surface area contributed by atoms with Crippen molar-refractivity contribution in [2.24, 2.45) is 0 Å². The number of amides is 1. The highest BCUT2D eigenvalue weighted by Gasteiger charge is 2.14. The molecule has 1 amide bonds. The van der Waals surface area contributed by atoms with E-state index in [0.717, 1.165) is 16.6 Å². The minimum Gasteiger partial charge on any atom is -0.483 e. The molecule has 0 aliphatic heterocycles. The van der Waals surface area contributed by atoms with Crippen LogP contribution in [0.2, 0.25) is 5.02 Å². The average molecular weight is 407 g/mol. The van der Waals surface area contributed by atoms with E-state index in [0.29, 0.717) is 33.5 Å². The molecule has 0 fully saturated rings. The number of carbonyl (C=O) groups excluding carboxylic acids is 1. The number of halogens is 1. The molecule has 29 heavy (non-hydrogen) atoms. The zero-order chi connectivity index (χ0) is 20.4. The van der Waals surface area contributed by atoms with E-state index in [2.05, 4.69) is 10.3 Å². The van der Waals surface area contributed by atoms with Gasteiger partial charge in [-0.05, 0) is 61.4 Å². The van der Waals surface area contributed by atoms with Crippen molar-refractivity contribution in [1.29, 1.82) is 0 Å². The fourth-order valence-corrected chi connectivity index (χ4v) is 3.18. The highest BCUT2D eigenvalue weighted by atomic mass is 35.5. The van der Waals surface area contributed by atoms with Gasteiger partial charge in [-0.2, -0.15) is 0 Å². The molecule has 1 N–H and O–H groups in total. The van der Waals surface area contributed by atoms with Crippen LogP contribution in [0.15, 0.2) is 65.1 Å². The summed E-state index contributed by atoms with van der Waals surface area (Å²) in [6.07, 6.45) is 0. The summed E-state index contributed by atoms with van der Waals surface area (Å²) < 4.78 is 11.4. The van der Waals surface area contributed by atoms with Crippen LogP contribution in [0.3, 0.4) is 0 Å². The summed E-state index contributed by atoms with van der Waals surface area (Å²) in [5.74, 6) is 0.818. The Balaban J connectivity index is 1.51. The molecule has 0 unspecified atom stereocenters. The highest BCUT2D eigenvalue weighted by molar-refractivity contribution is 6.33. The monoisotopic (exact) mass is 406 g/mol. The van der Waals surface area contributed by atoms with Gasteiger partial charge in [-0.3, -0.25) is 4.79 Å². The summed E-state index contributed by atoms with van der Waals surface area (Å²) in [6.45, 7) is 3.83. The molecule has 1 heterocycles. The Bertz CT molecular complexity index is 1200. The molecule has 1 aromatic heterocycles. The smallest absolute Gasteiger partial charge is 0.262 e. The number of hydrogen-bond acceptors (Lipinski definition) is 4. The lowest BCUT2D eigenvalue weighted by Gasteiger charge is -2.10. The van der Waals surface area contributed by atoms with Gasteiger partial charge < -0.3 is 14.5 Å². The minimum absolute atomic E-state index is 0.0923. The molecule has 146 valence electrons. The molecular weight excluding hydrogens is 388 g/mol. The summed E-state index contributed by atoms with van der Waals surface area (Å²) in [7, 11) is 0. The Hall–Kier alpha value is -3.31. The average Bonchev–Trinajstić information content (AvgIpc) is 3.11. The van der Waals surface area contributed by atoms with Crippen LogP contribution in [0.5, 0.6) is 5.75 Å². The number of para-hydroxylation sites is 1. The first kappa shape index (κ1) is 19.0. The molecule has 4 aromatic rings. The minimum atomic E-state index is -0.269. The number of oxazole rings is 1. The zero-order valence-corrected chi connectivity index (χ0v) is 16.8. The van der Waals surface area contributed by atoms with E-state index in [1.807, 2.05) is 56.3 Å². The quantitative estimate of drug-likeness (QED) is 0.456. The van der Waals surface area contributed by atoms with Crippen LogP contribution in [-0.4, -0.2) is 17.5 Å². The molecule has 3 aromatic carbocycles.